The van der Waals surface area contributed by atoms with Gasteiger partial charge in [0.05, 0.1) is 11.5 Å². The molecular weight excluding hydrogens is 420 g/mol. The highest BCUT2D eigenvalue weighted by Gasteiger charge is 2.28. The number of rotatable bonds is 5. The lowest BCUT2D eigenvalue weighted by Crippen LogP contribution is -2.41. The standard InChI is InChI=1S/C22H22N2O4S2/c1-2-28-22(27)19-13-15-12-16(5-6-17(15)30-19)23-20(25)14-7-9-24(10-8-14)21(26)18-4-3-11-29-18/h3-6,11-14H,2,7-10H2,1H3,(H,23,25). The summed E-state index contributed by atoms with van der Waals surface area (Å²) in [5.74, 6) is -0.429. The number of anilines is 1. The van der Waals surface area contributed by atoms with E-state index < -0.39 is 0 Å². The van der Waals surface area contributed by atoms with Crippen molar-refractivity contribution in [3.8, 4) is 0 Å². The molecule has 6 nitrogen and oxygen atoms in total. The van der Waals surface area contributed by atoms with Gasteiger partial charge in [0.2, 0.25) is 5.91 Å². The van der Waals surface area contributed by atoms with Gasteiger partial charge in [-0.25, -0.2) is 4.79 Å². The fourth-order valence-corrected chi connectivity index (χ4v) is 5.20. The van der Waals surface area contributed by atoms with Gasteiger partial charge in [0, 0.05) is 29.4 Å². The van der Waals surface area contributed by atoms with Gasteiger partial charge in [-0.05, 0) is 60.9 Å². The van der Waals surface area contributed by atoms with Crippen molar-refractivity contribution in [3.05, 3.63) is 51.5 Å². The molecule has 3 aromatic rings. The quantitative estimate of drug-likeness (QED) is 0.585. The first-order valence-corrected chi connectivity index (χ1v) is 11.6. The van der Waals surface area contributed by atoms with Crippen molar-refractivity contribution in [2.24, 2.45) is 5.92 Å². The van der Waals surface area contributed by atoms with Gasteiger partial charge in [0.15, 0.2) is 0 Å². The number of hydrogen-bond donors (Lipinski definition) is 1. The van der Waals surface area contributed by atoms with Crippen LogP contribution in [0.5, 0.6) is 0 Å². The zero-order valence-electron chi connectivity index (χ0n) is 16.6. The lowest BCUT2D eigenvalue weighted by molar-refractivity contribution is -0.121. The molecule has 0 saturated carbocycles. The zero-order valence-corrected chi connectivity index (χ0v) is 18.2. The Kier molecular flexibility index (Phi) is 6.15. The third kappa shape index (κ3) is 4.39. The molecule has 156 valence electrons. The van der Waals surface area contributed by atoms with E-state index in [1.807, 2.05) is 40.6 Å². The molecule has 1 saturated heterocycles. The number of amides is 2. The highest BCUT2D eigenvalue weighted by molar-refractivity contribution is 7.20. The largest absolute Gasteiger partial charge is 0.462 e. The SMILES string of the molecule is CCOC(=O)c1cc2cc(NC(=O)C3CCN(C(=O)c4cccs4)CC3)ccc2s1. The van der Waals surface area contributed by atoms with Crippen LogP contribution in [0.1, 0.15) is 39.1 Å². The number of likely N-dealkylation sites (tertiary alicyclic amines) is 1. The Hall–Kier alpha value is -2.71. The van der Waals surface area contributed by atoms with Gasteiger partial charge in [0.25, 0.3) is 5.91 Å². The second-order valence-electron chi connectivity index (χ2n) is 7.12. The van der Waals surface area contributed by atoms with Crippen LogP contribution < -0.4 is 5.32 Å². The molecule has 1 aliphatic rings. The first-order valence-electron chi connectivity index (χ1n) is 9.89. The van der Waals surface area contributed by atoms with Crippen molar-refractivity contribution >= 4 is 56.2 Å². The zero-order chi connectivity index (χ0) is 21.1. The molecule has 1 aromatic carbocycles. The van der Waals surface area contributed by atoms with E-state index in [1.54, 1.807) is 13.0 Å². The summed E-state index contributed by atoms with van der Waals surface area (Å²) in [5.41, 5.74) is 0.706. The van der Waals surface area contributed by atoms with E-state index in [0.717, 1.165) is 15.0 Å². The first kappa shape index (κ1) is 20.6. The van der Waals surface area contributed by atoms with Crippen molar-refractivity contribution in [2.45, 2.75) is 19.8 Å². The summed E-state index contributed by atoms with van der Waals surface area (Å²) in [7, 11) is 0. The Balaban J connectivity index is 1.36. The fourth-order valence-electron chi connectivity index (χ4n) is 3.57. The lowest BCUT2D eigenvalue weighted by atomic mass is 9.95. The molecule has 8 heteroatoms. The molecule has 30 heavy (non-hydrogen) atoms. The van der Waals surface area contributed by atoms with Crippen molar-refractivity contribution in [1.29, 1.82) is 0 Å². The molecule has 0 atom stereocenters. The number of hydrogen-bond acceptors (Lipinski definition) is 6. The van der Waals surface area contributed by atoms with Crippen LogP contribution in [0.3, 0.4) is 0 Å². The summed E-state index contributed by atoms with van der Waals surface area (Å²) >= 11 is 2.82. The Morgan fingerprint density at radius 2 is 1.93 bits per heavy atom. The van der Waals surface area contributed by atoms with Crippen LogP contribution in [0.4, 0.5) is 5.69 Å². The Morgan fingerprint density at radius 1 is 1.13 bits per heavy atom. The molecule has 0 unspecified atom stereocenters. The number of carbonyl (C=O) groups excluding carboxylic acids is 3. The van der Waals surface area contributed by atoms with Gasteiger partial charge in [-0.1, -0.05) is 6.07 Å². The van der Waals surface area contributed by atoms with Crippen LogP contribution in [-0.2, 0) is 9.53 Å². The molecule has 0 bridgehead atoms. The maximum Gasteiger partial charge on any atom is 0.348 e. The van der Waals surface area contributed by atoms with Crippen LogP contribution in [0.15, 0.2) is 41.8 Å². The smallest absolute Gasteiger partial charge is 0.348 e. The summed E-state index contributed by atoms with van der Waals surface area (Å²) in [4.78, 5) is 40.2. The number of nitrogens with one attached hydrogen (secondary N) is 1. The molecule has 0 radical (unpaired) electrons. The van der Waals surface area contributed by atoms with E-state index in [4.69, 9.17) is 4.74 Å². The van der Waals surface area contributed by atoms with Crippen LogP contribution in [0.25, 0.3) is 10.1 Å². The van der Waals surface area contributed by atoms with Gasteiger partial charge in [-0.3, -0.25) is 9.59 Å². The molecule has 4 rings (SSSR count). The molecule has 1 N–H and O–H groups in total. The van der Waals surface area contributed by atoms with Gasteiger partial charge in [-0.15, -0.1) is 22.7 Å². The van der Waals surface area contributed by atoms with Gasteiger partial charge in [-0.2, -0.15) is 0 Å². The van der Waals surface area contributed by atoms with Crippen LogP contribution >= 0.6 is 22.7 Å². The maximum atomic E-state index is 12.7. The molecule has 3 heterocycles. The van der Waals surface area contributed by atoms with Crippen molar-refractivity contribution < 1.29 is 19.1 Å². The minimum absolute atomic E-state index is 0.0292. The summed E-state index contributed by atoms with van der Waals surface area (Å²) < 4.78 is 6.02. The van der Waals surface area contributed by atoms with Crippen LogP contribution in [0.2, 0.25) is 0 Å². The topological polar surface area (TPSA) is 75.7 Å². The highest BCUT2D eigenvalue weighted by Crippen LogP contribution is 2.29. The Labute approximate surface area is 182 Å². The van der Waals surface area contributed by atoms with E-state index in [2.05, 4.69) is 5.32 Å². The molecule has 2 amide bonds. The predicted octanol–water partition coefficient (Wildman–Crippen LogP) is 4.63. The predicted molar refractivity (Wildman–Crippen MR) is 119 cm³/mol. The molecule has 2 aromatic heterocycles. The van der Waals surface area contributed by atoms with Gasteiger partial charge < -0.3 is 15.0 Å². The molecular formula is C22H22N2O4S2. The second-order valence-corrected chi connectivity index (χ2v) is 9.15. The van der Waals surface area contributed by atoms with E-state index in [1.165, 1.54) is 22.7 Å². The molecule has 0 aliphatic carbocycles. The average molecular weight is 443 g/mol. The number of ether oxygens (including phenoxy) is 1. The van der Waals surface area contributed by atoms with Crippen molar-refractivity contribution in [3.63, 3.8) is 0 Å². The lowest BCUT2D eigenvalue weighted by Gasteiger charge is -2.31. The molecule has 1 fully saturated rings. The average Bonchev–Trinajstić information content (AvgIpc) is 3.43. The molecule has 1 aliphatic heterocycles. The minimum Gasteiger partial charge on any atom is -0.462 e. The third-order valence-electron chi connectivity index (χ3n) is 5.15. The number of nitrogens with zero attached hydrogens (tertiary/aromatic N) is 1. The van der Waals surface area contributed by atoms with Crippen molar-refractivity contribution in [2.75, 3.05) is 25.0 Å². The monoisotopic (exact) mass is 442 g/mol. The van der Waals surface area contributed by atoms with Gasteiger partial charge in [0.1, 0.15) is 4.88 Å². The third-order valence-corrected chi connectivity index (χ3v) is 7.10. The fraction of sp³-hybridized carbons (Fsp3) is 0.318. The molecule has 0 spiro atoms. The number of esters is 1. The van der Waals surface area contributed by atoms with Crippen molar-refractivity contribution in [1.82, 2.24) is 4.90 Å². The first-order chi connectivity index (χ1) is 14.5. The number of thiophene rings is 2. The van der Waals surface area contributed by atoms with E-state index >= 15 is 0 Å². The summed E-state index contributed by atoms with van der Waals surface area (Å²) in [5, 5.41) is 5.78. The number of benzene rings is 1. The van der Waals surface area contributed by atoms with Crippen LogP contribution in [0, 0.1) is 5.92 Å². The van der Waals surface area contributed by atoms with Gasteiger partial charge >= 0.3 is 5.97 Å². The van der Waals surface area contributed by atoms with E-state index in [-0.39, 0.29) is 23.7 Å². The second kappa shape index (κ2) is 8.97. The van der Waals surface area contributed by atoms with E-state index in [0.29, 0.717) is 43.1 Å². The number of carbonyl (C=O) groups is 3. The summed E-state index contributed by atoms with van der Waals surface area (Å²) in [6.07, 6.45) is 1.30. The normalized spacial score (nSPS) is 14.6. The minimum atomic E-state index is -0.326. The van der Waals surface area contributed by atoms with E-state index in [9.17, 15) is 14.4 Å². The number of fused-ring (bicyclic) bond motifs is 1. The summed E-state index contributed by atoms with van der Waals surface area (Å²) in [6.45, 7) is 3.29. The Morgan fingerprint density at radius 3 is 2.63 bits per heavy atom. The highest BCUT2D eigenvalue weighted by atomic mass is 32.1. The Bertz CT molecular complexity index is 1070. The van der Waals surface area contributed by atoms with Crippen LogP contribution in [-0.4, -0.2) is 42.4 Å². The summed E-state index contributed by atoms with van der Waals surface area (Å²) in [6, 6.07) is 11.1. The number of piperidine rings is 1. The maximum absolute atomic E-state index is 12.7.